The van der Waals surface area contributed by atoms with E-state index in [4.69, 9.17) is 46.4 Å². The van der Waals surface area contributed by atoms with Crippen molar-refractivity contribution in [3.63, 3.8) is 0 Å². The summed E-state index contributed by atoms with van der Waals surface area (Å²) in [5.74, 6) is 0. The molecule has 0 saturated heterocycles. The predicted molar refractivity (Wildman–Crippen MR) is 528 cm³/mol. The number of aryl methyl sites for hydroxylation is 9. The van der Waals surface area contributed by atoms with Crippen LogP contribution in [-0.4, -0.2) is 99.4 Å². The molecule has 8 aromatic carbocycles. The van der Waals surface area contributed by atoms with E-state index >= 15 is 0 Å². The average molecular weight is 1970 g/mol. The van der Waals surface area contributed by atoms with Crippen molar-refractivity contribution in [2.75, 3.05) is 0 Å². The first-order chi connectivity index (χ1) is 67.0. The van der Waals surface area contributed by atoms with Crippen molar-refractivity contribution in [2.45, 2.75) is 76.3 Å². The van der Waals surface area contributed by atoms with Crippen molar-refractivity contribution in [2.24, 2.45) is 21.1 Å². The van der Waals surface area contributed by atoms with E-state index in [9.17, 15) is 57.3 Å². The van der Waals surface area contributed by atoms with Crippen LogP contribution in [0.15, 0.2) is 293 Å². The first-order valence-corrected chi connectivity index (χ1v) is 45.6. The molecule has 0 bridgehead atoms. The molecule has 12 aromatic heterocycles. The minimum absolute atomic E-state index is 0.0223. The summed E-state index contributed by atoms with van der Waals surface area (Å²) in [6.45, 7) is 11.4. The van der Waals surface area contributed by atoms with Gasteiger partial charge in [-0.25, -0.2) is 39.6 Å². The second-order valence-electron chi connectivity index (χ2n) is 33.4. The zero-order valence-corrected chi connectivity index (χ0v) is 79.6. The lowest BCUT2D eigenvalue weighted by Gasteiger charge is -2.30. The molecule has 4 unspecified atom stereocenters. The highest BCUT2D eigenvalue weighted by Gasteiger charge is 2.47. The maximum absolute atomic E-state index is 14.6. The third kappa shape index (κ3) is 17.8. The van der Waals surface area contributed by atoms with Gasteiger partial charge in [0.25, 0.3) is 0 Å². The molecule has 20 aromatic rings. The second-order valence-corrected chi connectivity index (χ2v) is 36.0. The minimum atomic E-state index is -5.19. The van der Waals surface area contributed by atoms with Gasteiger partial charge < -0.3 is 34.5 Å². The van der Waals surface area contributed by atoms with Crippen molar-refractivity contribution in [1.29, 1.82) is 10.5 Å². The molecule has 0 aliphatic rings. The highest BCUT2D eigenvalue weighted by molar-refractivity contribution is 7.11. The van der Waals surface area contributed by atoms with Gasteiger partial charge in [-0.2, -0.15) is 36.9 Å². The number of nitriles is 2. The summed E-state index contributed by atoms with van der Waals surface area (Å²) >= 11 is 28.5. The maximum atomic E-state index is 14.6. The first-order valence-electron chi connectivity index (χ1n) is 43.3. The Balaban J connectivity index is 0.000000129. The third-order valence-electron chi connectivity index (χ3n) is 24.5. The van der Waals surface area contributed by atoms with Gasteiger partial charge in [0.05, 0.1) is 101 Å². The molecule has 22 nitrogen and oxygen atoms in total. The molecule has 0 radical (unpaired) electrons. The Bertz CT molecular complexity index is 8180. The van der Waals surface area contributed by atoms with E-state index in [0.717, 1.165) is 61.7 Å². The molecule has 140 heavy (non-hydrogen) atoms. The Hall–Kier alpha value is -15.1. The van der Waals surface area contributed by atoms with Crippen LogP contribution >= 0.6 is 57.7 Å². The van der Waals surface area contributed by atoms with E-state index in [-0.39, 0.29) is 28.1 Å². The number of H-pyrrole nitrogens is 1. The van der Waals surface area contributed by atoms with E-state index in [2.05, 4.69) is 77.3 Å². The number of nitrogens with zero attached hydrogens (tertiary/aromatic N) is 17. The van der Waals surface area contributed by atoms with Crippen LogP contribution in [-0.2, 0) is 55.9 Å². The van der Waals surface area contributed by atoms with Crippen LogP contribution in [0.3, 0.4) is 0 Å². The van der Waals surface area contributed by atoms with Gasteiger partial charge in [0.15, 0.2) is 22.5 Å². The van der Waals surface area contributed by atoms with Gasteiger partial charge in [0, 0.05) is 130 Å². The summed E-state index contributed by atoms with van der Waals surface area (Å²) < 4.78 is 90.9. The molecule has 0 saturated carbocycles. The first kappa shape index (κ1) is 96.6. The lowest BCUT2D eigenvalue weighted by molar-refractivity contribution is -0.143. The normalized spacial score (nSPS) is 13.3. The van der Waals surface area contributed by atoms with E-state index < -0.39 is 62.5 Å². The van der Waals surface area contributed by atoms with Crippen LogP contribution in [0, 0.1) is 64.2 Å². The fourth-order valence-electron chi connectivity index (χ4n) is 17.7. The topological polar surface area (TPSA) is 314 Å². The van der Waals surface area contributed by atoms with E-state index in [1.54, 1.807) is 74.2 Å². The molecule has 0 amide bonds. The number of benzene rings is 8. The number of aromatic nitrogens is 16. The molecule has 12 heterocycles. The van der Waals surface area contributed by atoms with E-state index in [1.165, 1.54) is 100 Å². The number of aromatic amines is 1. The quantitative estimate of drug-likeness (QED) is 0.0443. The Morgan fingerprint density at radius 2 is 0.864 bits per heavy atom. The molecule has 5 N–H and O–H groups in total. The maximum Gasteiger partial charge on any atom is 0.433 e. The Morgan fingerprint density at radius 3 is 1.29 bits per heavy atom. The molecule has 0 aliphatic carbocycles. The zero-order valence-electron chi connectivity index (χ0n) is 75.8. The number of hydrogen-bond donors (Lipinski definition) is 5. The summed E-state index contributed by atoms with van der Waals surface area (Å²) in [4.78, 5) is 46.8. The van der Waals surface area contributed by atoms with Gasteiger partial charge in [-0.1, -0.05) is 209 Å². The van der Waals surface area contributed by atoms with Gasteiger partial charge in [-0.3, -0.25) is 15.0 Å². The van der Waals surface area contributed by atoms with Gasteiger partial charge >= 0.3 is 12.4 Å². The van der Waals surface area contributed by atoms with Gasteiger partial charge in [-0.05, 0) is 169 Å². The summed E-state index contributed by atoms with van der Waals surface area (Å²) in [7, 11) is 5.17. The Morgan fingerprint density at radius 1 is 0.407 bits per heavy atom. The smallest absolute Gasteiger partial charge is 0.376 e. The number of alkyl halides is 6. The van der Waals surface area contributed by atoms with Gasteiger partial charge in [0.1, 0.15) is 39.4 Å². The molecule has 0 spiro atoms. The number of rotatable bonds is 16. The number of nitrogens with one attached hydrogen (secondary N) is 1. The monoisotopic (exact) mass is 1970 g/mol. The number of imidazole rings is 2. The lowest BCUT2D eigenvalue weighted by Crippen LogP contribution is -2.31. The summed E-state index contributed by atoms with van der Waals surface area (Å²) in [5, 5.41) is 80.7. The Kier molecular flexibility index (Phi) is 26.7. The van der Waals surface area contributed by atoms with Crippen LogP contribution in [0.5, 0.6) is 0 Å². The molecule has 20 rings (SSSR count). The molecule has 4 atom stereocenters. The predicted octanol–water partition coefficient (Wildman–Crippen LogP) is 23.6. The number of thiazole rings is 1. The largest absolute Gasteiger partial charge is 0.433 e. The SMILES string of the molecule is Cc1ccc(C(O)(c2cc(C)c3nc(Cl)c(-c4ccccc4)c(Cl)c3c2)c2cncn2C)cn1.Cc1ccc(C(O)(c2cc[nH]c2)c2cc(C)c3nc(Cl)c(-c4ccccc4)c(Cl)c3c2)cn1.Cc1nc(C)c(C(O)(c2ccc3nc(C#N)c(-c4ccccc4)c(C#N)c3c2)c2cnnn2C)s1.Cn1cncc1C(O)(c1ccncc1)c1ccc2nc(C(F)(F)F)c(-c3ccccc3)c(C(F)(F)F)c2c1. The number of fused-ring (bicyclic) bond motifs is 4. The highest BCUT2D eigenvalue weighted by Crippen LogP contribution is 2.52. The third-order valence-corrected chi connectivity index (χ3v) is 27.0. The van der Waals surface area contributed by atoms with Crippen molar-refractivity contribution in [1.82, 2.24) is 79.0 Å². The standard InChI is InChI=1S/C27H22Cl2N4O.C27H21Cl2N3O.C27H18F6N4O.C26H19N7OS/c1-16-11-20(27(34,22-14-30-15-33(22)3)19-10-9-17(2)31-13-19)12-21-24(28)23(26(29)32-25(16)21)18-7-5-4-6-8-18;1-16-12-21(27(33,20-10-11-30-14-20)19-9-8-17(2)31-15-19)13-22-24(28)23(26(29)32-25(16)22)18-6-4-3-5-7-18;1-37-15-35-14-21(37)25(38,17-9-11-34-12-10-17)18-7-8-20-19(13-18)23(26(28,29)30)22(16-5-3-2-4-6-16)24(36-20)27(31,32)33;1-15-25(35-16(2)30-15)26(34,23-14-29-32-33(23)3)18-9-10-21-19(11-18)20(12-27)24(22(13-28)31-21)17-7-5-4-6-8-17/h4-15,34H,1-3H3;3-15,30,33H,1-2H3;2-15,38H,1H3;4-11,14,34H,1-3H3. The van der Waals surface area contributed by atoms with Gasteiger partial charge in [0.2, 0.25) is 0 Å². The second kappa shape index (κ2) is 38.7. The average Bonchev–Trinajstić information content (AvgIpc) is 1.04. The van der Waals surface area contributed by atoms with Crippen LogP contribution < -0.4 is 0 Å². The molecule has 698 valence electrons. The van der Waals surface area contributed by atoms with Crippen molar-refractivity contribution >= 4 is 101 Å². The number of pyridine rings is 7. The fourth-order valence-corrected chi connectivity index (χ4v) is 20.1. The molecule has 0 aliphatic heterocycles. The molecule has 33 heteroatoms. The highest BCUT2D eigenvalue weighted by atomic mass is 35.5. The molecule has 0 fully saturated rings. The van der Waals surface area contributed by atoms with Crippen LogP contribution in [0.4, 0.5) is 26.3 Å². The van der Waals surface area contributed by atoms with E-state index in [1.807, 2.05) is 194 Å². The van der Waals surface area contributed by atoms with Crippen molar-refractivity contribution in [3.8, 4) is 56.6 Å². The number of aliphatic hydroxyl groups is 4. The number of halogens is 10. The lowest BCUT2D eigenvalue weighted by atomic mass is 9.81. The van der Waals surface area contributed by atoms with Gasteiger partial charge in [-0.15, -0.1) is 16.4 Å². The minimum Gasteiger partial charge on any atom is -0.376 e. The Labute approximate surface area is 821 Å². The summed E-state index contributed by atoms with van der Waals surface area (Å²) in [6.07, 6.45) is 7.06. The molecular weight excluding hydrogens is 1890 g/mol. The van der Waals surface area contributed by atoms with Crippen molar-refractivity contribution in [3.05, 3.63) is 435 Å². The van der Waals surface area contributed by atoms with E-state index in [0.29, 0.717) is 125 Å². The fraction of sp³-hybridized carbons (Fsp3) is 0.140. The summed E-state index contributed by atoms with van der Waals surface area (Å²) in [5.41, 5.74) is 4.54. The van der Waals surface area contributed by atoms with Crippen LogP contribution in [0.1, 0.15) is 122 Å². The van der Waals surface area contributed by atoms with Crippen LogP contribution in [0.2, 0.25) is 20.4 Å². The summed E-state index contributed by atoms with van der Waals surface area (Å²) in [6, 6.07) is 68.1. The number of hydrogen-bond acceptors (Lipinski definition) is 19. The molecular formula is C107H80Cl4F6N18O4S. The van der Waals surface area contributed by atoms with Crippen LogP contribution in [0.25, 0.3) is 88.1 Å². The van der Waals surface area contributed by atoms with Crippen molar-refractivity contribution < 1.29 is 46.8 Å². The zero-order chi connectivity index (χ0) is 99.2.